The van der Waals surface area contributed by atoms with Gasteiger partial charge in [0, 0.05) is 36.2 Å². The third kappa shape index (κ3) is 3.06. The Hall–Kier alpha value is -3.68. The quantitative estimate of drug-likeness (QED) is 0.606. The van der Waals surface area contributed by atoms with E-state index in [1.165, 1.54) is 0 Å². The molecule has 0 saturated carbocycles. The second-order valence-electron chi connectivity index (χ2n) is 7.94. The molecule has 2 aromatic rings. The van der Waals surface area contributed by atoms with Crippen molar-refractivity contribution in [2.24, 2.45) is 0 Å². The fourth-order valence-electron chi connectivity index (χ4n) is 4.50. The van der Waals surface area contributed by atoms with Crippen molar-refractivity contribution in [1.29, 1.82) is 0 Å². The lowest BCUT2D eigenvalue weighted by Crippen LogP contribution is -2.47. The van der Waals surface area contributed by atoms with Gasteiger partial charge in [0.25, 0.3) is 5.91 Å². The number of nitrogens with zero attached hydrogens (tertiary/aromatic N) is 2. The van der Waals surface area contributed by atoms with E-state index in [0.717, 1.165) is 17.0 Å². The number of para-hydroxylation sites is 1. The molecule has 4 amide bonds. The number of ether oxygens (including phenoxy) is 1. The van der Waals surface area contributed by atoms with Crippen LogP contribution in [0.15, 0.2) is 48.5 Å². The number of carbonyl (C=O) groups excluding carboxylic acids is 4. The summed E-state index contributed by atoms with van der Waals surface area (Å²) in [5.74, 6) is -0.163. The van der Waals surface area contributed by atoms with Gasteiger partial charge in [-0.3, -0.25) is 19.3 Å². The van der Waals surface area contributed by atoms with Crippen molar-refractivity contribution in [3.8, 4) is 5.75 Å². The van der Waals surface area contributed by atoms with E-state index in [0.29, 0.717) is 42.9 Å². The van der Waals surface area contributed by atoms with Gasteiger partial charge in [0.2, 0.25) is 5.91 Å². The first kappa shape index (κ1) is 19.3. The Kier molecular flexibility index (Phi) is 4.50. The van der Waals surface area contributed by atoms with Gasteiger partial charge in [0.15, 0.2) is 11.3 Å². The molecule has 3 aliphatic rings. The lowest BCUT2D eigenvalue weighted by molar-refractivity contribution is -0.132. The normalized spacial score (nSPS) is 22.5. The van der Waals surface area contributed by atoms with Gasteiger partial charge in [-0.1, -0.05) is 18.2 Å². The van der Waals surface area contributed by atoms with Crippen LogP contribution in [0.2, 0.25) is 0 Å². The predicted octanol–water partition coefficient (Wildman–Crippen LogP) is 2.23. The largest absolute Gasteiger partial charge is 0.493 e. The highest BCUT2D eigenvalue weighted by Crippen LogP contribution is 2.41. The number of nitrogens with one attached hydrogen (secondary N) is 1. The Morgan fingerprint density at radius 1 is 1.06 bits per heavy atom. The van der Waals surface area contributed by atoms with E-state index in [2.05, 4.69) is 5.32 Å². The zero-order valence-corrected chi connectivity index (χ0v) is 16.8. The minimum Gasteiger partial charge on any atom is -0.493 e. The molecule has 31 heavy (non-hydrogen) atoms. The molecule has 5 rings (SSSR count). The third-order valence-corrected chi connectivity index (χ3v) is 6.13. The SMILES string of the molecule is O=C(CN1C(=O)N[C@]2(CCOc3ccccc32)C1=O)c1ccc(N2CCCC2=O)cc1. The molecule has 3 aliphatic heterocycles. The van der Waals surface area contributed by atoms with Gasteiger partial charge in [0.05, 0.1) is 13.2 Å². The summed E-state index contributed by atoms with van der Waals surface area (Å²) in [6.07, 6.45) is 1.65. The molecular weight excluding hydrogens is 398 g/mol. The van der Waals surface area contributed by atoms with Crippen molar-refractivity contribution in [2.45, 2.75) is 24.8 Å². The molecule has 0 bridgehead atoms. The van der Waals surface area contributed by atoms with Crippen LogP contribution in [-0.4, -0.2) is 48.2 Å². The zero-order valence-electron chi connectivity index (χ0n) is 16.8. The van der Waals surface area contributed by atoms with E-state index >= 15 is 0 Å². The van der Waals surface area contributed by atoms with E-state index in [4.69, 9.17) is 4.74 Å². The van der Waals surface area contributed by atoms with Crippen LogP contribution in [0.5, 0.6) is 5.75 Å². The number of hydrogen-bond acceptors (Lipinski definition) is 5. The second kappa shape index (κ2) is 7.23. The maximum atomic E-state index is 13.3. The Morgan fingerprint density at radius 3 is 2.58 bits per heavy atom. The molecule has 1 spiro atoms. The first-order valence-corrected chi connectivity index (χ1v) is 10.3. The lowest BCUT2D eigenvalue weighted by atomic mass is 9.84. The molecule has 0 radical (unpaired) electrons. The molecule has 3 heterocycles. The molecule has 2 saturated heterocycles. The number of carbonyl (C=O) groups is 4. The van der Waals surface area contributed by atoms with Gasteiger partial charge in [-0.2, -0.15) is 0 Å². The Morgan fingerprint density at radius 2 is 1.84 bits per heavy atom. The predicted molar refractivity (Wildman–Crippen MR) is 111 cm³/mol. The van der Waals surface area contributed by atoms with E-state index in [1.54, 1.807) is 53.4 Å². The molecule has 8 heteroatoms. The summed E-state index contributed by atoms with van der Waals surface area (Å²) in [6.45, 7) is 0.612. The minimum atomic E-state index is -1.20. The number of ketones is 1. The van der Waals surface area contributed by atoms with E-state index < -0.39 is 17.5 Å². The Labute approximate surface area is 178 Å². The number of fused-ring (bicyclic) bond motifs is 2. The lowest BCUT2D eigenvalue weighted by Gasteiger charge is -2.33. The monoisotopic (exact) mass is 419 g/mol. The Bertz CT molecular complexity index is 1100. The van der Waals surface area contributed by atoms with Crippen LogP contribution in [0, 0.1) is 0 Å². The highest BCUT2D eigenvalue weighted by atomic mass is 16.5. The van der Waals surface area contributed by atoms with Crippen molar-refractivity contribution in [3.05, 3.63) is 59.7 Å². The summed E-state index contributed by atoms with van der Waals surface area (Å²) in [5.41, 5.74) is 0.525. The smallest absolute Gasteiger partial charge is 0.325 e. The number of imide groups is 1. The molecule has 0 unspecified atom stereocenters. The summed E-state index contributed by atoms with van der Waals surface area (Å²) in [5, 5.41) is 2.79. The number of Topliss-reactive ketones (excluding diaryl/α,β-unsaturated/α-hetero) is 1. The molecule has 1 N–H and O–H groups in total. The van der Waals surface area contributed by atoms with E-state index in [1.807, 2.05) is 0 Å². The third-order valence-electron chi connectivity index (χ3n) is 6.13. The summed E-state index contributed by atoms with van der Waals surface area (Å²) in [7, 11) is 0. The molecule has 0 aromatic heterocycles. The average molecular weight is 419 g/mol. The van der Waals surface area contributed by atoms with Crippen LogP contribution in [-0.2, 0) is 15.1 Å². The highest BCUT2D eigenvalue weighted by Gasteiger charge is 2.55. The van der Waals surface area contributed by atoms with Crippen LogP contribution in [0.1, 0.15) is 35.2 Å². The fourth-order valence-corrected chi connectivity index (χ4v) is 4.50. The van der Waals surface area contributed by atoms with Crippen molar-refractivity contribution >= 4 is 29.3 Å². The van der Waals surface area contributed by atoms with Gasteiger partial charge in [-0.15, -0.1) is 0 Å². The second-order valence-corrected chi connectivity index (χ2v) is 7.94. The number of amides is 4. The molecular formula is C23H21N3O5. The number of anilines is 1. The van der Waals surface area contributed by atoms with Crippen molar-refractivity contribution in [1.82, 2.24) is 10.2 Å². The first-order chi connectivity index (χ1) is 15.0. The topological polar surface area (TPSA) is 96.0 Å². The summed E-state index contributed by atoms with van der Waals surface area (Å²) < 4.78 is 5.62. The summed E-state index contributed by atoms with van der Waals surface area (Å²) in [6, 6.07) is 13.2. The van der Waals surface area contributed by atoms with Crippen molar-refractivity contribution < 1.29 is 23.9 Å². The molecule has 0 aliphatic carbocycles. The van der Waals surface area contributed by atoms with Gasteiger partial charge >= 0.3 is 6.03 Å². The van der Waals surface area contributed by atoms with Crippen molar-refractivity contribution in [3.63, 3.8) is 0 Å². The molecule has 1 atom stereocenters. The van der Waals surface area contributed by atoms with Gasteiger partial charge in [-0.05, 0) is 36.8 Å². The van der Waals surface area contributed by atoms with Crippen LogP contribution in [0.4, 0.5) is 10.5 Å². The fraction of sp³-hybridized carbons (Fsp3) is 0.304. The maximum Gasteiger partial charge on any atom is 0.325 e. The van der Waals surface area contributed by atoms with Crippen LogP contribution < -0.4 is 15.0 Å². The first-order valence-electron chi connectivity index (χ1n) is 10.3. The Balaban J connectivity index is 1.35. The van der Waals surface area contributed by atoms with Gasteiger partial charge < -0.3 is 15.0 Å². The minimum absolute atomic E-state index is 0.0699. The molecule has 8 nitrogen and oxygen atoms in total. The van der Waals surface area contributed by atoms with E-state index in [9.17, 15) is 19.2 Å². The van der Waals surface area contributed by atoms with Gasteiger partial charge in [0.1, 0.15) is 5.75 Å². The highest BCUT2D eigenvalue weighted by molar-refractivity contribution is 6.11. The number of urea groups is 1. The van der Waals surface area contributed by atoms with E-state index in [-0.39, 0.29) is 18.2 Å². The summed E-state index contributed by atoms with van der Waals surface area (Å²) >= 11 is 0. The molecule has 2 aromatic carbocycles. The maximum absolute atomic E-state index is 13.3. The van der Waals surface area contributed by atoms with Crippen molar-refractivity contribution in [2.75, 3.05) is 24.6 Å². The van der Waals surface area contributed by atoms with Gasteiger partial charge in [-0.25, -0.2) is 4.79 Å². The van der Waals surface area contributed by atoms with Crippen LogP contribution in [0.25, 0.3) is 0 Å². The number of hydrogen-bond donors (Lipinski definition) is 1. The van der Waals surface area contributed by atoms with Crippen LogP contribution >= 0.6 is 0 Å². The van der Waals surface area contributed by atoms with Crippen LogP contribution in [0.3, 0.4) is 0 Å². The zero-order chi connectivity index (χ0) is 21.6. The number of rotatable bonds is 4. The average Bonchev–Trinajstić information content (AvgIpc) is 3.31. The summed E-state index contributed by atoms with van der Waals surface area (Å²) in [4.78, 5) is 53.3. The molecule has 2 fully saturated rings. The number of benzene rings is 2. The molecule has 158 valence electrons. The standard InChI is InChI=1S/C23H21N3O5/c27-18(15-7-9-16(10-8-15)25-12-3-6-20(25)28)14-26-21(29)23(24-22(26)30)11-13-31-19-5-2-1-4-17(19)23/h1-2,4-5,7-10H,3,6,11-14H2,(H,24,30)/t23-/m0/s1.